The van der Waals surface area contributed by atoms with E-state index < -0.39 is 10.9 Å². The summed E-state index contributed by atoms with van der Waals surface area (Å²) >= 11 is 0. The molecule has 7 heteroatoms. The number of carboxylic acid groups (broad SMARTS) is 1. The number of nitro benzene ring substituents is 1. The minimum atomic E-state index is -1.17. The van der Waals surface area contributed by atoms with Crippen LogP contribution < -0.4 is 5.73 Å². The molecule has 2 rings (SSSR count). The number of rotatable bonds is 3. The SMILES string of the molecule is NC(=O)c1ccccc1.O=C(O)c1cccc([N+](=O)[O-])c1. The smallest absolute Gasteiger partial charge is 0.335 e. The second kappa shape index (κ2) is 7.39. The molecule has 0 aliphatic rings. The molecule has 0 aliphatic heterocycles. The molecule has 21 heavy (non-hydrogen) atoms. The summed E-state index contributed by atoms with van der Waals surface area (Å²) in [5.74, 6) is -1.55. The number of hydrogen-bond donors (Lipinski definition) is 2. The Morgan fingerprint density at radius 3 is 2.00 bits per heavy atom. The van der Waals surface area contributed by atoms with Gasteiger partial charge in [0.1, 0.15) is 0 Å². The van der Waals surface area contributed by atoms with Gasteiger partial charge in [-0.15, -0.1) is 0 Å². The fraction of sp³-hybridized carbons (Fsp3) is 0. The van der Waals surface area contributed by atoms with Gasteiger partial charge >= 0.3 is 5.97 Å². The molecule has 3 N–H and O–H groups in total. The normalized spacial score (nSPS) is 9.14. The molecule has 7 nitrogen and oxygen atoms in total. The second-order valence-electron chi connectivity index (χ2n) is 3.84. The molecular formula is C14H12N2O5. The molecule has 0 fully saturated rings. The predicted octanol–water partition coefficient (Wildman–Crippen LogP) is 2.08. The Morgan fingerprint density at radius 2 is 1.57 bits per heavy atom. The van der Waals surface area contributed by atoms with Gasteiger partial charge in [-0.3, -0.25) is 14.9 Å². The molecule has 2 aromatic rings. The molecular weight excluding hydrogens is 276 g/mol. The van der Waals surface area contributed by atoms with Crippen LogP contribution in [-0.2, 0) is 0 Å². The van der Waals surface area contributed by atoms with Gasteiger partial charge in [0.2, 0.25) is 5.91 Å². The van der Waals surface area contributed by atoms with Gasteiger partial charge in [-0.1, -0.05) is 24.3 Å². The van der Waals surface area contributed by atoms with E-state index in [9.17, 15) is 19.7 Å². The van der Waals surface area contributed by atoms with Crippen molar-refractivity contribution in [2.75, 3.05) is 0 Å². The number of nitrogens with two attached hydrogens (primary N) is 1. The summed E-state index contributed by atoms with van der Waals surface area (Å²) in [6, 6.07) is 13.7. The van der Waals surface area contributed by atoms with Crippen molar-refractivity contribution in [3.8, 4) is 0 Å². The fourth-order valence-electron chi connectivity index (χ4n) is 1.35. The molecule has 0 bridgehead atoms. The van der Waals surface area contributed by atoms with Crippen molar-refractivity contribution in [3.63, 3.8) is 0 Å². The van der Waals surface area contributed by atoms with Crippen LogP contribution in [0.5, 0.6) is 0 Å². The van der Waals surface area contributed by atoms with Crippen molar-refractivity contribution in [1.82, 2.24) is 0 Å². The van der Waals surface area contributed by atoms with Gasteiger partial charge < -0.3 is 10.8 Å². The molecule has 0 aromatic heterocycles. The number of aromatic carboxylic acids is 1. The number of amides is 1. The summed E-state index contributed by atoms with van der Waals surface area (Å²) in [6.45, 7) is 0. The van der Waals surface area contributed by atoms with E-state index in [1.54, 1.807) is 24.3 Å². The van der Waals surface area contributed by atoms with Crippen molar-refractivity contribution in [2.45, 2.75) is 0 Å². The van der Waals surface area contributed by atoms with Gasteiger partial charge in [0, 0.05) is 17.7 Å². The first-order valence-corrected chi connectivity index (χ1v) is 5.74. The van der Waals surface area contributed by atoms with Crippen molar-refractivity contribution in [2.24, 2.45) is 5.73 Å². The predicted molar refractivity (Wildman–Crippen MR) is 75.0 cm³/mol. The number of nitro groups is 1. The Bertz CT molecular complexity index is 626. The minimum Gasteiger partial charge on any atom is -0.478 e. The van der Waals surface area contributed by atoms with Crippen molar-refractivity contribution in [1.29, 1.82) is 0 Å². The van der Waals surface area contributed by atoms with Crippen LogP contribution in [0.25, 0.3) is 0 Å². The molecule has 0 atom stereocenters. The number of carbonyl (C=O) groups excluding carboxylic acids is 1. The summed E-state index contributed by atoms with van der Waals surface area (Å²) in [6.07, 6.45) is 0. The van der Waals surface area contributed by atoms with Gasteiger partial charge in [0.15, 0.2) is 0 Å². The van der Waals surface area contributed by atoms with Crippen molar-refractivity contribution >= 4 is 17.6 Å². The number of carboxylic acids is 1. The fourth-order valence-corrected chi connectivity index (χ4v) is 1.35. The first kappa shape index (κ1) is 15.8. The lowest BCUT2D eigenvalue weighted by molar-refractivity contribution is -0.384. The summed E-state index contributed by atoms with van der Waals surface area (Å²) in [4.78, 5) is 30.3. The average Bonchev–Trinajstić information content (AvgIpc) is 2.49. The van der Waals surface area contributed by atoms with Gasteiger partial charge in [-0.05, 0) is 18.2 Å². The highest BCUT2D eigenvalue weighted by molar-refractivity contribution is 5.92. The molecule has 0 heterocycles. The number of non-ortho nitro benzene ring substituents is 1. The van der Waals surface area contributed by atoms with Crippen LogP contribution in [-0.4, -0.2) is 21.9 Å². The third-order valence-electron chi connectivity index (χ3n) is 2.36. The van der Waals surface area contributed by atoms with E-state index in [-0.39, 0.29) is 17.2 Å². The standard InChI is InChI=1S/C7H5NO4.C7H7NO/c9-7(10)5-2-1-3-6(4-5)8(11)12;8-7(9)6-4-2-1-3-5-6/h1-4H,(H,9,10);1-5H,(H2,8,9). The van der Waals surface area contributed by atoms with Crippen LogP contribution in [0, 0.1) is 10.1 Å². The number of hydrogen-bond acceptors (Lipinski definition) is 4. The third kappa shape index (κ3) is 5.11. The maximum absolute atomic E-state index is 10.4. The Balaban J connectivity index is 0.000000219. The van der Waals surface area contributed by atoms with E-state index in [4.69, 9.17) is 10.8 Å². The second-order valence-corrected chi connectivity index (χ2v) is 3.84. The van der Waals surface area contributed by atoms with Crippen LogP contribution in [0.15, 0.2) is 54.6 Å². The first-order chi connectivity index (χ1) is 9.91. The molecule has 0 spiro atoms. The quantitative estimate of drug-likeness (QED) is 0.661. The Labute approximate surface area is 119 Å². The third-order valence-corrected chi connectivity index (χ3v) is 2.36. The number of primary amides is 1. The molecule has 0 radical (unpaired) electrons. The first-order valence-electron chi connectivity index (χ1n) is 5.74. The van der Waals surface area contributed by atoms with E-state index in [2.05, 4.69) is 0 Å². The lowest BCUT2D eigenvalue weighted by atomic mass is 10.2. The lowest BCUT2D eigenvalue weighted by Gasteiger charge is -1.92. The monoisotopic (exact) mass is 288 g/mol. The van der Waals surface area contributed by atoms with Crippen molar-refractivity contribution < 1.29 is 19.6 Å². The van der Waals surface area contributed by atoms with E-state index in [1.807, 2.05) is 6.07 Å². The van der Waals surface area contributed by atoms with E-state index in [1.165, 1.54) is 18.2 Å². The molecule has 0 unspecified atom stereocenters. The summed E-state index contributed by atoms with van der Waals surface area (Å²) < 4.78 is 0. The molecule has 0 saturated heterocycles. The topological polar surface area (TPSA) is 124 Å². The minimum absolute atomic E-state index is 0.0794. The van der Waals surface area contributed by atoms with E-state index in [0.717, 1.165) is 6.07 Å². The van der Waals surface area contributed by atoms with Gasteiger partial charge in [-0.2, -0.15) is 0 Å². The maximum Gasteiger partial charge on any atom is 0.335 e. The summed E-state index contributed by atoms with van der Waals surface area (Å²) in [5, 5.41) is 18.7. The van der Waals surface area contributed by atoms with Gasteiger partial charge in [0.05, 0.1) is 10.5 Å². The molecule has 108 valence electrons. The van der Waals surface area contributed by atoms with Crippen LogP contribution in [0.1, 0.15) is 20.7 Å². The molecule has 1 amide bonds. The molecule has 2 aromatic carbocycles. The zero-order chi connectivity index (χ0) is 15.8. The number of benzene rings is 2. The highest BCUT2D eigenvalue weighted by Gasteiger charge is 2.09. The highest BCUT2D eigenvalue weighted by Crippen LogP contribution is 2.12. The number of nitrogens with zero attached hydrogens (tertiary/aromatic N) is 1. The van der Waals surface area contributed by atoms with Gasteiger partial charge in [0.25, 0.3) is 5.69 Å². The zero-order valence-corrected chi connectivity index (χ0v) is 10.8. The molecule has 0 aliphatic carbocycles. The zero-order valence-electron chi connectivity index (χ0n) is 10.8. The van der Waals surface area contributed by atoms with Gasteiger partial charge in [-0.25, -0.2) is 4.79 Å². The van der Waals surface area contributed by atoms with Crippen LogP contribution in [0.3, 0.4) is 0 Å². The summed E-state index contributed by atoms with van der Waals surface area (Å²) in [5.41, 5.74) is 5.24. The molecule has 0 saturated carbocycles. The lowest BCUT2D eigenvalue weighted by Crippen LogP contribution is -2.09. The summed E-state index contributed by atoms with van der Waals surface area (Å²) in [7, 11) is 0. The van der Waals surface area contributed by atoms with Crippen molar-refractivity contribution in [3.05, 3.63) is 75.8 Å². The largest absolute Gasteiger partial charge is 0.478 e. The van der Waals surface area contributed by atoms with E-state index in [0.29, 0.717) is 5.56 Å². The maximum atomic E-state index is 10.4. The van der Waals surface area contributed by atoms with E-state index >= 15 is 0 Å². The van der Waals surface area contributed by atoms with Crippen LogP contribution in [0.2, 0.25) is 0 Å². The Hall–Kier alpha value is -3.22. The highest BCUT2D eigenvalue weighted by atomic mass is 16.6. The number of carbonyl (C=O) groups is 2. The Morgan fingerprint density at radius 1 is 1.00 bits per heavy atom. The van der Waals surface area contributed by atoms with Crippen LogP contribution in [0.4, 0.5) is 5.69 Å². The Kier molecular flexibility index (Phi) is 5.57. The average molecular weight is 288 g/mol. The van der Waals surface area contributed by atoms with Crippen LogP contribution >= 0.6 is 0 Å².